The molecule has 128 valence electrons. The van der Waals surface area contributed by atoms with Crippen LogP contribution in [-0.4, -0.2) is 53.7 Å². The number of hydrogen-bond donors (Lipinski definition) is 1. The lowest BCUT2D eigenvalue weighted by atomic mass is 9.98. The van der Waals surface area contributed by atoms with Crippen LogP contribution in [0.3, 0.4) is 0 Å². The maximum atomic E-state index is 9.39. The van der Waals surface area contributed by atoms with Crippen LogP contribution in [0, 0.1) is 11.8 Å². The van der Waals surface area contributed by atoms with Crippen LogP contribution in [0.4, 0.5) is 0 Å². The molecule has 0 aliphatic carbocycles. The minimum Gasteiger partial charge on any atom is -0.508 e. The smallest absolute Gasteiger partial charge is 0.115 e. The van der Waals surface area contributed by atoms with Gasteiger partial charge in [0.2, 0.25) is 0 Å². The summed E-state index contributed by atoms with van der Waals surface area (Å²) in [7, 11) is 0. The second kappa shape index (κ2) is 7.67. The second-order valence-corrected chi connectivity index (χ2v) is 7.95. The van der Waals surface area contributed by atoms with Gasteiger partial charge in [-0.15, -0.1) is 0 Å². The van der Waals surface area contributed by atoms with E-state index in [1.807, 2.05) is 12.1 Å². The average molecular weight is 316 g/mol. The van der Waals surface area contributed by atoms with Crippen LogP contribution in [0.2, 0.25) is 0 Å². The minimum absolute atomic E-state index is 0.370. The summed E-state index contributed by atoms with van der Waals surface area (Å²) in [6.45, 7) is 11.0. The van der Waals surface area contributed by atoms with Gasteiger partial charge < -0.3 is 10.0 Å². The summed E-state index contributed by atoms with van der Waals surface area (Å²) in [6.07, 6.45) is 5.17. The van der Waals surface area contributed by atoms with Gasteiger partial charge in [0.25, 0.3) is 0 Å². The van der Waals surface area contributed by atoms with Crippen molar-refractivity contribution >= 4 is 0 Å². The lowest BCUT2D eigenvalue weighted by molar-refractivity contribution is 0.116. The number of phenols is 1. The van der Waals surface area contributed by atoms with Gasteiger partial charge in [-0.2, -0.15) is 0 Å². The molecule has 0 bridgehead atoms. The van der Waals surface area contributed by atoms with Gasteiger partial charge in [-0.3, -0.25) is 4.90 Å². The summed E-state index contributed by atoms with van der Waals surface area (Å²) in [5.41, 5.74) is 1.36. The highest BCUT2D eigenvalue weighted by Crippen LogP contribution is 2.27. The lowest BCUT2D eigenvalue weighted by Crippen LogP contribution is -2.45. The third-order valence-corrected chi connectivity index (χ3v) is 5.47. The van der Waals surface area contributed by atoms with Gasteiger partial charge >= 0.3 is 0 Å². The number of likely N-dealkylation sites (tertiary alicyclic amines) is 2. The van der Waals surface area contributed by atoms with Crippen LogP contribution in [0.25, 0.3) is 0 Å². The maximum Gasteiger partial charge on any atom is 0.115 e. The van der Waals surface area contributed by atoms with Crippen LogP contribution in [0.15, 0.2) is 24.3 Å². The van der Waals surface area contributed by atoms with Crippen molar-refractivity contribution in [3.63, 3.8) is 0 Å². The van der Waals surface area contributed by atoms with Crippen LogP contribution in [-0.2, 0) is 6.42 Å². The fourth-order valence-electron chi connectivity index (χ4n) is 4.31. The molecule has 3 rings (SSSR count). The van der Waals surface area contributed by atoms with E-state index in [4.69, 9.17) is 0 Å². The van der Waals surface area contributed by atoms with E-state index in [1.165, 1.54) is 57.5 Å². The maximum absolute atomic E-state index is 9.39. The Labute approximate surface area is 141 Å². The number of hydrogen-bond acceptors (Lipinski definition) is 3. The van der Waals surface area contributed by atoms with Gasteiger partial charge in [0.05, 0.1) is 0 Å². The Morgan fingerprint density at radius 1 is 1.04 bits per heavy atom. The molecule has 0 radical (unpaired) electrons. The molecule has 3 heteroatoms. The fourth-order valence-corrected chi connectivity index (χ4v) is 4.31. The van der Waals surface area contributed by atoms with Crippen molar-refractivity contribution in [2.24, 2.45) is 11.8 Å². The van der Waals surface area contributed by atoms with Gasteiger partial charge in [-0.25, -0.2) is 0 Å². The number of benzene rings is 1. The van der Waals surface area contributed by atoms with Crippen LogP contribution >= 0.6 is 0 Å². The van der Waals surface area contributed by atoms with Crippen molar-refractivity contribution in [2.45, 2.75) is 45.6 Å². The molecule has 0 amide bonds. The molecule has 0 aromatic heterocycles. The monoisotopic (exact) mass is 316 g/mol. The zero-order chi connectivity index (χ0) is 16.2. The van der Waals surface area contributed by atoms with E-state index in [1.54, 1.807) is 0 Å². The van der Waals surface area contributed by atoms with Crippen LogP contribution < -0.4 is 0 Å². The second-order valence-electron chi connectivity index (χ2n) is 7.95. The first-order chi connectivity index (χ1) is 11.1. The first-order valence-corrected chi connectivity index (χ1v) is 9.34. The summed E-state index contributed by atoms with van der Waals surface area (Å²) < 4.78 is 0. The first-order valence-electron chi connectivity index (χ1n) is 9.34. The molecule has 23 heavy (non-hydrogen) atoms. The van der Waals surface area contributed by atoms with E-state index in [-0.39, 0.29) is 0 Å². The Hall–Kier alpha value is -1.06. The molecule has 2 saturated heterocycles. The molecule has 2 aliphatic rings. The van der Waals surface area contributed by atoms with Crippen molar-refractivity contribution < 1.29 is 5.11 Å². The van der Waals surface area contributed by atoms with E-state index >= 15 is 0 Å². The Balaban J connectivity index is 1.44. The van der Waals surface area contributed by atoms with Crippen molar-refractivity contribution in [2.75, 3.05) is 32.7 Å². The Morgan fingerprint density at radius 2 is 1.74 bits per heavy atom. The van der Waals surface area contributed by atoms with Gasteiger partial charge in [-0.05, 0) is 74.8 Å². The highest BCUT2D eigenvalue weighted by atomic mass is 16.3. The molecular weight excluding hydrogens is 284 g/mol. The number of aromatic hydroxyl groups is 1. The highest BCUT2D eigenvalue weighted by molar-refractivity contribution is 5.26. The number of nitrogens with zero attached hydrogens (tertiary/aromatic N) is 2. The molecule has 1 N–H and O–H groups in total. The van der Waals surface area contributed by atoms with E-state index in [2.05, 4.69) is 35.8 Å². The summed E-state index contributed by atoms with van der Waals surface area (Å²) in [5, 5.41) is 9.39. The third-order valence-electron chi connectivity index (χ3n) is 5.47. The molecule has 0 saturated carbocycles. The number of rotatable bonds is 5. The molecule has 2 fully saturated rings. The van der Waals surface area contributed by atoms with Gasteiger partial charge in [0.1, 0.15) is 5.75 Å². The minimum atomic E-state index is 0.370. The topological polar surface area (TPSA) is 26.7 Å². The molecule has 1 atom stereocenters. The molecule has 2 heterocycles. The van der Waals surface area contributed by atoms with Gasteiger partial charge in [-0.1, -0.05) is 26.0 Å². The van der Waals surface area contributed by atoms with E-state index < -0.39 is 0 Å². The quantitative estimate of drug-likeness (QED) is 0.902. The van der Waals surface area contributed by atoms with Gasteiger partial charge in [0, 0.05) is 19.1 Å². The van der Waals surface area contributed by atoms with Crippen LogP contribution in [0.5, 0.6) is 5.75 Å². The molecule has 1 aromatic carbocycles. The molecule has 1 unspecified atom stereocenters. The zero-order valence-electron chi connectivity index (χ0n) is 14.7. The fraction of sp³-hybridized carbons (Fsp3) is 0.700. The van der Waals surface area contributed by atoms with E-state index in [0.29, 0.717) is 5.75 Å². The standard InChI is InChI=1S/C20H32N2O/c1-16(2)14-21-10-8-19(9-11-21)22-12-7-18(15-22)13-17-3-5-20(23)6-4-17/h3-6,16,18-19,23H,7-15H2,1-2H3. The zero-order valence-corrected chi connectivity index (χ0v) is 14.7. The van der Waals surface area contributed by atoms with Crippen molar-refractivity contribution in [1.29, 1.82) is 0 Å². The third kappa shape index (κ3) is 4.71. The first kappa shape index (κ1) is 16.8. The molecule has 3 nitrogen and oxygen atoms in total. The Bertz CT molecular complexity index is 477. The van der Waals surface area contributed by atoms with Crippen molar-refractivity contribution in [3.05, 3.63) is 29.8 Å². The highest BCUT2D eigenvalue weighted by Gasteiger charge is 2.30. The van der Waals surface area contributed by atoms with Crippen molar-refractivity contribution in [1.82, 2.24) is 9.80 Å². The van der Waals surface area contributed by atoms with E-state index in [0.717, 1.165) is 24.3 Å². The Kier molecular flexibility index (Phi) is 5.60. The largest absolute Gasteiger partial charge is 0.508 e. The van der Waals surface area contributed by atoms with Crippen molar-refractivity contribution in [3.8, 4) is 5.75 Å². The molecule has 0 spiro atoms. The molecule has 1 aromatic rings. The number of piperidine rings is 1. The molecular formula is C20H32N2O. The normalized spacial score (nSPS) is 24.6. The predicted octanol–water partition coefficient (Wildman–Crippen LogP) is 3.38. The molecule has 2 aliphatic heterocycles. The number of phenolic OH excluding ortho intramolecular Hbond substituents is 1. The SMILES string of the molecule is CC(C)CN1CCC(N2CCC(Cc3ccc(O)cc3)C2)CC1. The summed E-state index contributed by atoms with van der Waals surface area (Å²) >= 11 is 0. The summed E-state index contributed by atoms with van der Waals surface area (Å²) in [5.74, 6) is 1.94. The van der Waals surface area contributed by atoms with Crippen LogP contribution in [0.1, 0.15) is 38.7 Å². The lowest BCUT2D eigenvalue weighted by Gasteiger charge is -2.37. The predicted molar refractivity (Wildman–Crippen MR) is 95.8 cm³/mol. The average Bonchev–Trinajstić information content (AvgIpc) is 2.98. The van der Waals surface area contributed by atoms with Gasteiger partial charge in [0.15, 0.2) is 0 Å². The summed E-state index contributed by atoms with van der Waals surface area (Å²) in [4.78, 5) is 5.39. The summed E-state index contributed by atoms with van der Waals surface area (Å²) in [6, 6.07) is 8.58. The van der Waals surface area contributed by atoms with E-state index in [9.17, 15) is 5.11 Å². The Morgan fingerprint density at radius 3 is 2.39 bits per heavy atom.